The summed E-state index contributed by atoms with van der Waals surface area (Å²) in [6.45, 7) is 0.211. The van der Waals surface area contributed by atoms with Gasteiger partial charge in [-0.1, -0.05) is 35.3 Å². The number of amidine groups is 1. The predicted molar refractivity (Wildman–Crippen MR) is 76.0 cm³/mol. The van der Waals surface area contributed by atoms with Crippen molar-refractivity contribution in [2.45, 2.75) is 6.61 Å². The Bertz CT molecular complexity index is 617. The lowest BCUT2D eigenvalue weighted by molar-refractivity contribution is 0.305. The Kier molecular flexibility index (Phi) is 4.24. The number of rotatable bonds is 4. The van der Waals surface area contributed by atoms with Gasteiger partial charge < -0.3 is 10.5 Å². The second-order valence-corrected chi connectivity index (χ2v) is 4.55. The maximum atomic E-state index is 7.45. The minimum atomic E-state index is -0.101. The summed E-state index contributed by atoms with van der Waals surface area (Å²) in [6, 6.07) is 8.70. The lowest BCUT2D eigenvalue weighted by Crippen LogP contribution is -2.16. The Morgan fingerprint density at radius 3 is 2.79 bits per heavy atom. The normalized spacial score (nSPS) is 10.2. The highest BCUT2D eigenvalue weighted by atomic mass is 35.5. The van der Waals surface area contributed by atoms with E-state index in [0.717, 1.165) is 0 Å². The molecule has 0 aliphatic heterocycles. The van der Waals surface area contributed by atoms with Crippen molar-refractivity contribution in [3.8, 4) is 5.75 Å². The first-order chi connectivity index (χ1) is 9.09. The van der Waals surface area contributed by atoms with Crippen LogP contribution in [0.1, 0.15) is 11.3 Å². The van der Waals surface area contributed by atoms with Crippen molar-refractivity contribution in [3.05, 3.63) is 57.8 Å². The van der Waals surface area contributed by atoms with E-state index in [-0.39, 0.29) is 12.4 Å². The minimum absolute atomic E-state index is 0.101. The smallest absolute Gasteiger partial charge is 0.142 e. The van der Waals surface area contributed by atoms with E-state index < -0.39 is 0 Å². The van der Waals surface area contributed by atoms with Crippen LogP contribution in [0.4, 0.5) is 0 Å². The Hall–Kier alpha value is -1.78. The predicted octanol–water partition coefficient (Wildman–Crippen LogP) is 3.25. The molecule has 0 fully saturated rings. The SMILES string of the molecule is N=C(N)c1ncccc1COc1cccc(Cl)c1Cl. The highest BCUT2D eigenvalue weighted by Crippen LogP contribution is 2.31. The first kappa shape index (κ1) is 13.6. The third-order valence-corrected chi connectivity index (χ3v) is 3.25. The molecular weight excluding hydrogens is 285 g/mol. The van der Waals surface area contributed by atoms with Gasteiger partial charge in [0.25, 0.3) is 0 Å². The van der Waals surface area contributed by atoms with Crippen LogP contribution in [0.15, 0.2) is 36.5 Å². The summed E-state index contributed by atoms with van der Waals surface area (Å²) in [4.78, 5) is 4.04. The maximum absolute atomic E-state index is 7.45. The molecule has 6 heteroatoms. The highest BCUT2D eigenvalue weighted by Gasteiger charge is 2.09. The average molecular weight is 296 g/mol. The molecule has 1 aromatic heterocycles. The number of pyridine rings is 1. The molecule has 2 aromatic rings. The molecule has 0 bridgehead atoms. The lowest BCUT2D eigenvalue weighted by atomic mass is 10.2. The molecule has 0 saturated heterocycles. The van der Waals surface area contributed by atoms with Gasteiger partial charge in [0.05, 0.1) is 5.02 Å². The Labute approximate surface area is 120 Å². The second-order valence-electron chi connectivity index (χ2n) is 3.77. The van der Waals surface area contributed by atoms with Crippen LogP contribution >= 0.6 is 23.2 Å². The molecule has 98 valence electrons. The molecule has 1 heterocycles. The summed E-state index contributed by atoms with van der Waals surface area (Å²) in [5, 5.41) is 8.23. The molecule has 0 saturated carbocycles. The molecule has 2 rings (SSSR count). The van der Waals surface area contributed by atoms with E-state index in [1.165, 1.54) is 0 Å². The van der Waals surface area contributed by atoms with E-state index >= 15 is 0 Å². The molecule has 0 unspecified atom stereocenters. The zero-order valence-electron chi connectivity index (χ0n) is 9.86. The Morgan fingerprint density at radius 1 is 1.26 bits per heavy atom. The fourth-order valence-electron chi connectivity index (χ4n) is 1.55. The molecule has 0 aliphatic carbocycles. The van der Waals surface area contributed by atoms with Crippen molar-refractivity contribution in [1.82, 2.24) is 4.98 Å². The number of nitrogen functional groups attached to an aromatic ring is 1. The number of nitrogens with zero attached hydrogens (tertiary/aromatic N) is 1. The van der Waals surface area contributed by atoms with Gasteiger partial charge in [-0.05, 0) is 18.2 Å². The van der Waals surface area contributed by atoms with Crippen molar-refractivity contribution >= 4 is 29.0 Å². The monoisotopic (exact) mass is 295 g/mol. The summed E-state index contributed by atoms with van der Waals surface area (Å²) in [5.41, 5.74) is 6.57. The average Bonchev–Trinajstić information content (AvgIpc) is 2.40. The van der Waals surface area contributed by atoms with Crippen LogP contribution in [0.3, 0.4) is 0 Å². The minimum Gasteiger partial charge on any atom is -0.487 e. The Morgan fingerprint density at radius 2 is 2.05 bits per heavy atom. The van der Waals surface area contributed by atoms with E-state index in [2.05, 4.69) is 4.98 Å². The topological polar surface area (TPSA) is 72.0 Å². The molecule has 19 heavy (non-hydrogen) atoms. The molecule has 1 aromatic carbocycles. The number of nitrogens with two attached hydrogens (primary N) is 1. The van der Waals surface area contributed by atoms with E-state index in [4.69, 9.17) is 39.1 Å². The maximum Gasteiger partial charge on any atom is 0.142 e. The van der Waals surface area contributed by atoms with Crippen molar-refractivity contribution < 1.29 is 4.74 Å². The molecule has 0 spiro atoms. The fourth-order valence-corrected chi connectivity index (χ4v) is 1.89. The van der Waals surface area contributed by atoms with Crippen molar-refractivity contribution in [3.63, 3.8) is 0 Å². The Balaban J connectivity index is 2.19. The van der Waals surface area contributed by atoms with Crippen LogP contribution in [0.2, 0.25) is 10.0 Å². The highest BCUT2D eigenvalue weighted by molar-refractivity contribution is 6.42. The van der Waals surface area contributed by atoms with Gasteiger partial charge in [-0.2, -0.15) is 0 Å². The first-order valence-electron chi connectivity index (χ1n) is 5.44. The van der Waals surface area contributed by atoms with Crippen LogP contribution in [-0.4, -0.2) is 10.8 Å². The number of nitrogens with one attached hydrogen (secondary N) is 1. The number of benzene rings is 1. The number of halogens is 2. The van der Waals surface area contributed by atoms with Gasteiger partial charge in [-0.25, -0.2) is 0 Å². The van der Waals surface area contributed by atoms with Crippen LogP contribution < -0.4 is 10.5 Å². The number of ether oxygens (including phenoxy) is 1. The largest absolute Gasteiger partial charge is 0.487 e. The molecule has 0 aliphatic rings. The van der Waals surface area contributed by atoms with Gasteiger partial charge in [0.15, 0.2) is 0 Å². The zero-order valence-corrected chi connectivity index (χ0v) is 11.4. The van der Waals surface area contributed by atoms with Crippen LogP contribution in [-0.2, 0) is 6.61 Å². The molecule has 4 nitrogen and oxygen atoms in total. The summed E-state index contributed by atoms with van der Waals surface area (Å²) >= 11 is 11.9. The van der Waals surface area contributed by atoms with Crippen LogP contribution in [0.5, 0.6) is 5.75 Å². The lowest BCUT2D eigenvalue weighted by Gasteiger charge is -2.11. The van der Waals surface area contributed by atoms with Gasteiger partial charge in [-0.15, -0.1) is 0 Å². The molecule has 3 N–H and O–H groups in total. The van der Waals surface area contributed by atoms with E-state index in [0.29, 0.717) is 27.1 Å². The van der Waals surface area contributed by atoms with Gasteiger partial charge in [-0.3, -0.25) is 10.4 Å². The molecular formula is C13H11Cl2N3O. The third kappa shape index (κ3) is 3.16. The van der Waals surface area contributed by atoms with Gasteiger partial charge in [0.1, 0.15) is 28.9 Å². The van der Waals surface area contributed by atoms with Gasteiger partial charge >= 0.3 is 0 Å². The van der Waals surface area contributed by atoms with E-state index in [1.54, 1.807) is 36.5 Å². The number of hydrogen-bond acceptors (Lipinski definition) is 3. The van der Waals surface area contributed by atoms with E-state index in [1.807, 2.05) is 0 Å². The second kappa shape index (κ2) is 5.91. The van der Waals surface area contributed by atoms with Gasteiger partial charge in [0, 0.05) is 11.8 Å². The number of aromatic nitrogens is 1. The first-order valence-corrected chi connectivity index (χ1v) is 6.20. The molecule has 0 atom stereocenters. The van der Waals surface area contributed by atoms with Crippen LogP contribution in [0, 0.1) is 5.41 Å². The standard InChI is InChI=1S/C13H11Cl2N3O/c14-9-4-1-5-10(11(9)15)19-7-8-3-2-6-18-12(8)13(16)17/h1-6H,7H2,(H3,16,17). The molecule has 0 radical (unpaired) electrons. The van der Waals surface area contributed by atoms with Crippen molar-refractivity contribution in [2.75, 3.05) is 0 Å². The number of hydrogen-bond donors (Lipinski definition) is 2. The van der Waals surface area contributed by atoms with Gasteiger partial charge in [0.2, 0.25) is 0 Å². The third-order valence-electron chi connectivity index (χ3n) is 2.45. The zero-order chi connectivity index (χ0) is 13.8. The quantitative estimate of drug-likeness (QED) is 0.672. The summed E-state index contributed by atoms with van der Waals surface area (Å²) in [7, 11) is 0. The van der Waals surface area contributed by atoms with E-state index in [9.17, 15) is 0 Å². The van der Waals surface area contributed by atoms with Crippen molar-refractivity contribution in [2.24, 2.45) is 5.73 Å². The van der Waals surface area contributed by atoms with Crippen LogP contribution in [0.25, 0.3) is 0 Å². The fraction of sp³-hybridized carbons (Fsp3) is 0.0769. The summed E-state index contributed by atoms with van der Waals surface area (Å²) in [6.07, 6.45) is 1.58. The summed E-state index contributed by atoms with van der Waals surface area (Å²) < 4.78 is 5.59. The van der Waals surface area contributed by atoms with Crippen molar-refractivity contribution in [1.29, 1.82) is 5.41 Å². The summed E-state index contributed by atoms with van der Waals surface area (Å²) in [5.74, 6) is 0.379. The molecule has 0 amide bonds.